The maximum atomic E-state index is 13.8. The molecule has 6 heteroatoms. The lowest BCUT2D eigenvalue weighted by Gasteiger charge is -2.33. The van der Waals surface area contributed by atoms with Crippen molar-refractivity contribution in [1.29, 1.82) is 0 Å². The topological polar surface area (TPSA) is 58.6 Å². The Bertz CT molecular complexity index is 1220. The number of aryl methyl sites for hydroxylation is 2. The molecule has 0 bridgehead atoms. The van der Waals surface area contributed by atoms with Crippen molar-refractivity contribution < 1.29 is 14.3 Å². The Balaban J connectivity index is 1.61. The molecule has 1 saturated carbocycles. The van der Waals surface area contributed by atoms with Gasteiger partial charge in [0.1, 0.15) is 11.8 Å². The van der Waals surface area contributed by atoms with Gasteiger partial charge in [-0.3, -0.25) is 9.59 Å². The number of hydrogen-bond acceptors (Lipinski definition) is 3. The molecule has 3 aromatic carbocycles. The molecule has 1 N–H and O–H groups in total. The second-order valence-corrected chi connectivity index (χ2v) is 11.2. The van der Waals surface area contributed by atoms with Gasteiger partial charge in [-0.15, -0.1) is 0 Å². The number of ether oxygens (including phenoxy) is 1. The minimum absolute atomic E-state index is 0.102. The summed E-state index contributed by atoms with van der Waals surface area (Å²) in [5.41, 5.74) is 4.23. The molecule has 38 heavy (non-hydrogen) atoms. The van der Waals surface area contributed by atoms with Crippen LogP contribution in [0.25, 0.3) is 0 Å². The Labute approximate surface area is 234 Å². The minimum atomic E-state index is -0.658. The maximum absolute atomic E-state index is 13.8. The molecule has 0 radical (unpaired) electrons. The van der Waals surface area contributed by atoms with Gasteiger partial charge in [0.25, 0.3) is 5.91 Å². The third kappa shape index (κ3) is 7.94. The lowest BCUT2D eigenvalue weighted by atomic mass is 9.94. The van der Waals surface area contributed by atoms with Crippen LogP contribution in [0.4, 0.5) is 0 Å². The number of carbonyl (C=O) groups excluding carboxylic acids is 2. The van der Waals surface area contributed by atoms with Crippen LogP contribution < -0.4 is 10.1 Å². The lowest BCUT2D eigenvalue weighted by Crippen LogP contribution is -2.53. The van der Waals surface area contributed by atoms with Crippen LogP contribution in [-0.4, -0.2) is 35.4 Å². The van der Waals surface area contributed by atoms with Crippen molar-refractivity contribution >= 4 is 27.7 Å². The fraction of sp³-hybridized carbons (Fsp3) is 0.375. The van der Waals surface area contributed by atoms with Gasteiger partial charge in [-0.2, -0.15) is 0 Å². The van der Waals surface area contributed by atoms with Crippen LogP contribution in [0, 0.1) is 13.8 Å². The molecule has 2 amide bonds. The second-order valence-electron chi connectivity index (χ2n) is 10.2. The molecule has 200 valence electrons. The zero-order chi connectivity index (χ0) is 26.9. The number of carbonyl (C=O) groups is 2. The zero-order valence-electron chi connectivity index (χ0n) is 22.3. The Morgan fingerprint density at radius 1 is 0.921 bits per heavy atom. The fourth-order valence-corrected chi connectivity index (χ4v) is 5.41. The summed E-state index contributed by atoms with van der Waals surface area (Å²) in [6.07, 6.45) is 5.86. The van der Waals surface area contributed by atoms with E-state index in [1.54, 1.807) is 4.90 Å². The maximum Gasteiger partial charge on any atom is 0.261 e. The van der Waals surface area contributed by atoms with Crippen LogP contribution in [0.5, 0.6) is 5.75 Å². The Morgan fingerprint density at radius 3 is 2.37 bits per heavy atom. The average molecular weight is 578 g/mol. The van der Waals surface area contributed by atoms with E-state index in [0.717, 1.165) is 46.8 Å². The first-order valence-electron chi connectivity index (χ1n) is 13.5. The second kappa shape index (κ2) is 13.6. The molecule has 0 saturated heterocycles. The van der Waals surface area contributed by atoms with Crippen LogP contribution in [-0.2, 0) is 22.6 Å². The van der Waals surface area contributed by atoms with Crippen LogP contribution >= 0.6 is 15.9 Å². The van der Waals surface area contributed by atoms with E-state index in [0.29, 0.717) is 18.7 Å². The van der Waals surface area contributed by atoms with E-state index in [2.05, 4.69) is 21.2 Å². The summed E-state index contributed by atoms with van der Waals surface area (Å²) in [5, 5.41) is 3.28. The standard InChI is InChI=1S/C32H37BrN2O3/c1-23-16-17-29(18-24(23)2)38-22-31(36)35(21-26-12-9-13-27(33)19-26)30(20-25-10-5-3-6-11-25)32(37)34-28-14-7-4-8-15-28/h3,5-6,9-13,16-19,28,30H,4,7-8,14-15,20-22H2,1-2H3,(H,34,37)/t30-/m1/s1. The van der Waals surface area contributed by atoms with Gasteiger partial charge in [-0.1, -0.05) is 83.7 Å². The highest BCUT2D eigenvalue weighted by Gasteiger charge is 2.32. The molecule has 1 fully saturated rings. The number of halogens is 1. The molecule has 1 atom stereocenters. The number of amides is 2. The van der Waals surface area contributed by atoms with E-state index in [9.17, 15) is 9.59 Å². The van der Waals surface area contributed by atoms with Gasteiger partial charge in [-0.25, -0.2) is 0 Å². The predicted octanol–water partition coefficient (Wildman–Crippen LogP) is 6.53. The number of hydrogen-bond donors (Lipinski definition) is 1. The highest BCUT2D eigenvalue weighted by Crippen LogP contribution is 2.22. The van der Waals surface area contributed by atoms with Crippen LogP contribution in [0.15, 0.2) is 77.3 Å². The molecule has 0 spiro atoms. The average Bonchev–Trinajstić information content (AvgIpc) is 2.92. The van der Waals surface area contributed by atoms with Crippen molar-refractivity contribution in [2.24, 2.45) is 0 Å². The van der Waals surface area contributed by atoms with Crippen molar-refractivity contribution in [3.8, 4) is 5.75 Å². The molecule has 4 rings (SSSR count). The van der Waals surface area contributed by atoms with Gasteiger partial charge in [0.2, 0.25) is 5.91 Å². The Morgan fingerprint density at radius 2 is 1.66 bits per heavy atom. The van der Waals surface area contributed by atoms with Gasteiger partial charge in [0, 0.05) is 23.5 Å². The monoisotopic (exact) mass is 576 g/mol. The first-order valence-corrected chi connectivity index (χ1v) is 14.3. The highest BCUT2D eigenvalue weighted by molar-refractivity contribution is 9.10. The van der Waals surface area contributed by atoms with Crippen molar-refractivity contribution in [3.05, 3.63) is 99.5 Å². The first kappa shape index (κ1) is 27.9. The quantitative estimate of drug-likeness (QED) is 0.298. The normalized spacial score (nSPS) is 14.5. The molecule has 0 aromatic heterocycles. The third-order valence-corrected chi connectivity index (χ3v) is 7.80. The fourth-order valence-electron chi connectivity index (χ4n) is 4.96. The molecule has 5 nitrogen and oxygen atoms in total. The van der Waals surface area contributed by atoms with Crippen molar-refractivity contribution in [1.82, 2.24) is 10.2 Å². The van der Waals surface area contributed by atoms with Crippen molar-refractivity contribution in [2.75, 3.05) is 6.61 Å². The van der Waals surface area contributed by atoms with Crippen molar-refractivity contribution in [2.45, 2.75) is 71.0 Å². The van der Waals surface area contributed by atoms with Crippen LogP contribution in [0.2, 0.25) is 0 Å². The van der Waals surface area contributed by atoms with Crippen molar-refractivity contribution in [3.63, 3.8) is 0 Å². The number of nitrogens with zero attached hydrogens (tertiary/aromatic N) is 1. The van der Waals surface area contributed by atoms with Gasteiger partial charge in [0.05, 0.1) is 0 Å². The van der Waals surface area contributed by atoms with E-state index >= 15 is 0 Å². The van der Waals surface area contributed by atoms with Gasteiger partial charge in [-0.05, 0) is 73.2 Å². The summed E-state index contributed by atoms with van der Waals surface area (Å²) in [7, 11) is 0. The smallest absolute Gasteiger partial charge is 0.261 e. The molecule has 1 aliphatic rings. The third-order valence-electron chi connectivity index (χ3n) is 7.31. The van der Waals surface area contributed by atoms with Crippen LogP contribution in [0.3, 0.4) is 0 Å². The summed E-state index contributed by atoms with van der Waals surface area (Å²) in [5.74, 6) is 0.327. The number of benzene rings is 3. The van der Waals surface area contributed by atoms with E-state index in [1.807, 2.05) is 86.6 Å². The van der Waals surface area contributed by atoms with E-state index in [4.69, 9.17) is 4.74 Å². The van der Waals surface area contributed by atoms with E-state index in [-0.39, 0.29) is 24.5 Å². The summed E-state index contributed by atoms with van der Waals surface area (Å²) in [6.45, 7) is 4.24. The molecule has 0 unspecified atom stereocenters. The highest BCUT2D eigenvalue weighted by atomic mass is 79.9. The molecule has 0 aliphatic heterocycles. The minimum Gasteiger partial charge on any atom is -0.484 e. The molecule has 0 heterocycles. The van der Waals surface area contributed by atoms with Gasteiger partial charge in [0.15, 0.2) is 6.61 Å². The zero-order valence-corrected chi connectivity index (χ0v) is 23.9. The Kier molecular flexibility index (Phi) is 9.99. The van der Waals surface area contributed by atoms with E-state index in [1.165, 1.54) is 12.0 Å². The molecule has 3 aromatic rings. The number of rotatable bonds is 10. The molecular weight excluding hydrogens is 540 g/mol. The Hall–Kier alpha value is -3.12. The summed E-state index contributed by atoms with van der Waals surface area (Å²) in [4.78, 5) is 29.3. The summed E-state index contributed by atoms with van der Waals surface area (Å²) < 4.78 is 6.87. The lowest BCUT2D eigenvalue weighted by molar-refractivity contribution is -0.143. The largest absolute Gasteiger partial charge is 0.484 e. The summed E-state index contributed by atoms with van der Waals surface area (Å²) in [6, 6.07) is 23.1. The SMILES string of the molecule is Cc1ccc(OCC(=O)N(Cc2cccc(Br)c2)[C@H](Cc2ccccc2)C(=O)NC2CCCCC2)cc1C. The number of nitrogens with one attached hydrogen (secondary N) is 1. The first-order chi connectivity index (χ1) is 18.4. The predicted molar refractivity (Wildman–Crippen MR) is 155 cm³/mol. The summed E-state index contributed by atoms with van der Waals surface area (Å²) >= 11 is 3.54. The molecule has 1 aliphatic carbocycles. The van der Waals surface area contributed by atoms with E-state index < -0.39 is 6.04 Å². The van der Waals surface area contributed by atoms with Gasteiger partial charge >= 0.3 is 0 Å². The van der Waals surface area contributed by atoms with Crippen LogP contribution in [0.1, 0.15) is 54.4 Å². The van der Waals surface area contributed by atoms with Gasteiger partial charge < -0.3 is 15.0 Å². The molecular formula is C32H37BrN2O3.